The third-order valence-corrected chi connectivity index (χ3v) is 1.90. The smallest absolute Gasteiger partial charge is 0.174 e. The number of rotatable bonds is 2. The molecule has 0 atom stereocenters. The molecule has 2 N–H and O–H groups in total. The minimum Gasteiger partial charge on any atom is -0.388 e. The fraction of sp³-hybridized carbons (Fsp3) is 0.0833. The second-order valence-electron chi connectivity index (χ2n) is 3.15. The SMILES string of the molecule is Cc1ccc(/C=N/C(C#N)=C(\N)C#N)cc1. The standard InChI is InChI=1S/C12H10N4/c1-9-2-4-10(5-3-9)8-16-12(7-14)11(15)6-13/h2-5,8H,15H2,1H3/b12-11-,16-8+. The van der Waals surface area contributed by atoms with Crippen LogP contribution in [0.15, 0.2) is 40.7 Å². The van der Waals surface area contributed by atoms with E-state index in [0.717, 1.165) is 11.1 Å². The van der Waals surface area contributed by atoms with Gasteiger partial charge in [0.05, 0.1) is 0 Å². The predicted octanol–water partition coefficient (Wildman–Crippen LogP) is 1.63. The summed E-state index contributed by atoms with van der Waals surface area (Å²) in [5.74, 6) is 0. The largest absolute Gasteiger partial charge is 0.388 e. The zero-order valence-corrected chi connectivity index (χ0v) is 8.81. The lowest BCUT2D eigenvalue weighted by molar-refractivity contribution is 1.27. The van der Waals surface area contributed by atoms with Crippen LogP contribution in [0.2, 0.25) is 0 Å². The van der Waals surface area contributed by atoms with Gasteiger partial charge in [-0.25, -0.2) is 4.99 Å². The van der Waals surface area contributed by atoms with Gasteiger partial charge in [0, 0.05) is 6.21 Å². The van der Waals surface area contributed by atoms with Gasteiger partial charge in [-0.15, -0.1) is 0 Å². The molecule has 0 aromatic heterocycles. The molecule has 0 fully saturated rings. The molecule has 4 nitrogen and oxygen atoms in total. The second kappa shape index (κ2) is 5.33. The molecule has 1 aromatic carbocycles. The highest BCUT2D eigenvalue weighted by atomic mass is 14.8. The molecule has 0 unspecified atom stereocenters. The van der Waals surface area contributed by atoms with Crippen LogP contribution in [-0.2, 0) is 0 Å². The third kappa shape index (κ3) is 2.97. The van der Waals surface area contributed by atoms with Crippen LogP contribution in [0, 0.1) is 29.6 Å². The molecule has 16 heavy (non-hydrogen) atoms. The molecule has 0 saturated heterocycles. The fourth-order valence-corrected chi connectivity index (χ4v) is 1.00. The van der Waals surface area contributed by atoms with Crippen LogP contribution in [-0.4, -0.2) is 6.21 Å². The number of nitrogens with two attached hydrogens (primary N) is 1. The van der Waals surface area contributed by atoms with Crippen LogP contribution in [0.3, 0.4) is 0 Å². The highest BCUT2D eigenvalue weighted by molar-refractivity contribution is 5.80. The minimum atomic E-state index is -0.175. The molecule has 0 heterocycles. The van der Waals surface area contributed by atoms with Crippen molar-refractivity contribution in [1.82, 2.24) is 0 Å². The Morgan fingerprint density at radius 1 is 1.25 bits per heavy atom. The van der Waals surface area contributed by atoms with Gasteiger partial charge in [0.2, 0.25) is 0 Å². The zero-order chi connectivity index (χ0) is 12.0. The number of aryl methyl sites for hydroxylation is 1. The lowest BCUT2D eigenvalue weighted by atomic mass is 10.2. The third-order valence-electron chi connectivity index (χ3n) is 1.90. The van der Waals surface area contributed by atoms with Crippen molar-refractivity contribution in [3.8, 4) is 12.1 Å². The van der Waals surface area contributed by atoms with E-state index in [2.05, 4.69) is 4.99 Å². The number of allylic oxidation sites excluding steroid dienone is 2. The van der Waals surface area contributed by atoms with Crippen LogP contribution in [0.1, 0.15) is 11.1 Å². The van der Waals surface area contributed by atoms with Gasteiger partial charge in [-0.2, -0.15) is 10.5 Å². The van der Waals surface area contributed by atoms with Gasteiger partial charge in [0.1, 0.15) is 17.8 Å². The van der Waals surface area contributed by atoms with Crippen molar-refractivity contribution in [2.75, 3.05) is 0 Å². The maximum Gasteiger partial charge on any atom is 0.174 e. The van der Waals surface area contributed by atoms with Gasteiger partial charge < -0.3 is 5.73 Å². The Balaban J connectivity index is 2.94. The summed E-state index contributed by atoms with van der Waals surface area (Å²) in [6.07, 6.45) is 1.50. The molecule has 0 saturated carbocycles. The van der Waals surface area contributed by atoms with E-state index in [0.29, 0.717) is 0 Å². The van der Waals surface area contributed by atoms with E-state index in [-0.39, 0.29) is 11.4 Å². The molecule has 1 aromatic rings. The van der Waals surface area contributed by atoms with Gasteiger partial charge in [-0.05, 0) is 12.5 Å². The summed E-state index contributed by atoms with van der Waals surface area (Å²) in [5, 5.41) is 17.2. The van der Waals surface area contributed by atoms with Crippen molar-refractivity contribution in [3.05, 3.63) is 46.8 Å². The molecular formula is C12H10N4. The quantitative estimate of drug-likeness (QED) is 0.594. The first-order valence-corrected chi connectivity index (χ1v) is 4.58. The first-order valence-electron chi connectivity index (χ1n) is 4.58. The molecule has 1 rings (SSSR count). The number of nitrogens with zero attached hydrogens (tertiary/aromatic N) is 3. The summed E-state index contributed by atoms with van der Waals surface area (Å²) in [7, 11) is 0. The van der Waals surface area contributed by atoms with Crippen molar-refractivity contribution in [3.63, 3.8) is 0 Å². The lowest BCUT2D eigenvalue weighted by Crippen LogP contribution is -1.97. The van der Waals surface area contributed by atoms with Gasteiger partial charge in [0.15, 0.2) is 5.70 Å². The van der Waals surface area contributed by atoms with E-state index < -0.39 is 0 Å². The number of benzene rings is 1. The molecule has 0 aliphatic carbocycles. The predicted molar refractivity (Wildman–Crippen MR) is 61.2 cm³/mol. The van der Waals surface area contributed by atoms with Gasteiger partial charge >= 0.3 is 0 Å². The Bertz CT molecular complexity index is 509. The molecule has 0 radical (unpaired) electrons. The van der Waals surface area contributed by atoms with Crippen LogP contribution in [0.4, 0.5) is 0 Å². The Labute approximate surface area is 94.0 Å². The van der Waals surface area contributed by atoms with Gasteiger partial charge in [-0.3, -0.25) is 0 Å². The molecule has 78 valence electrons. The highest BCUT2D eigenvalue weighted by Gasteiger charge is 1.98. The number of hydrogen-bond acceptors (Lipinski definition) is 4. The summed E-state index contributed by atoms with van der Waals surface area (Å²) in [4.78, 5) is 3.86. The molecule has 0 aliphatic rings. The summed E-state index contributed by atoms with van der Waals surface area (Å²) >= 11 is 0. The molecule has 0 aliphatic heterocycles. The van der Waals surface area contributed by atoms with E-state index in [9.17, 15) is 0 Å². The van der Waals surface area contributed by atoms with Gasteiger partial charge in [0.25, 0.3) is 0 Å². The van der Waals surface area contributed by atoms with Gasteiger partial charge in [-0.1, -0.05) is 29.8 Å². The molecule has 4 heteroatoms. The summed E-state index contributed by atoms with van der Waals surface area (Å²) in [6.45, 7) is 1.98. The average molecular weight is 210 g/mol. The van der Waals surface area contributed by atoms with Crippen molar-refractivity contribution in [2.24, 2.45) is 10.7 Å². The monoisotopic (exact) mass is 210 g/mol. The molecule has 0 amide bonds. The van der Waals surface area contributed by atoms with E-state index >= 15 is 0 Å². The second-order valence-corrected chi connectivity index (χ2v) is 3.15. The summed E-state index contributed by atoms with van der Waals surface area (Å²) in [6, 6.07) is 11.1. The number of hydrogen-bond donors (Lipinski definition) is 1. The first kappa shape index (κ1) is 11.5. The van der Waals surface area contributed by atoms with E-state index in [1.54, 1.807) is 12.1 Å². The minimum absolute atomic E-state index is 0.0666. The zero-order valence-electron chi connectivity index (χ0n) is 8.81. The Hall–Kier alpha value is -2.59. The van der Waals surface area contributed by atoms with E-state index in [1.807, 2.05) is 31.2 Å². The lowest BCUT2D eigenvalue weighted by Gasteiger charge is -1.94. The maximum atomic E-state index is 8.70. The van der Waals surface area contributed by atoms with Crippen molar-refractivity contribution in [1.29, 1.82) is 10.5 Å². The number of nitriles is 2. The highest BCUT2D eigenvalue weighted by Crippen LogP contribution is 2.03. The van der Waals surface area contributed by atoms with E-state index in [1.165, 1.54) is 6.21 Å². The summed E-state index contributed by atoms with van der Waals surface area (Å²) < 4.78 is 0. The molecular weight excluding hydrogens is 200 g/mol. The Morgan fingerprint density at radius 3 is 2.38 bits per heavy atom. The topological polar surface area (TPSA) is 86.0 Å². The number of aliphatic imine (C=N–C) groups is 1. The Kier molecular flexibility index (Phi) is 3.83. The van der Waals surface area contributed by atoms with Crippen LogP contribution in [0.5, 0.6) is 0 Å². The van der Waals surface area contributed by atoms with Crippen molar-refractivity contribution in [2.45, 2.75) is 6.92 Å². The van der Waals surface area contributed by atoms with Crippen molar-refractivity contribution >= 4 is 6.21 Å². The van der Waals surface area contributed by atoms with Crippen LogP contribution in [0.25, 0.3) is 0 Å². The average Bonchev–Trinajstić information content (AvgIpc) is 2.31. The fourth-order valence-electron chi connectivity index (χ4n) is 1.00. The normalized spacial score (nSPS) is 11.7. The molecule has 0 bridgehead atoms. The van der Waals surface area contributed by atoms with E-state index in [4.69, 9.17) is 16.3 Å². The maximum absolute atomic E-state index is 8.70. The summed E-state index contributed by atoms with van der Waals surface area (Å²) in [5.41, 5.74) is 7.05. The van der Waals surface area contributed by atoms with Crippen LogP contribution < -0.4 is 5.73 Å². The molecule has 0 spiro atoms. The Morgan fingerprint density at radius 2 is 1.88 bits per heavy atom. The van der Waals surface area contributed by atoms with Crippen LogP contribution >= 0.6 is 0 Å². The van der Waals surface area contributed by atoms with Crippen molar-refractivity contribution < 1.29 is 0 Å². The first-order chi connectivity index (χ1) is 7.67.